The van der Waals surface area contributed by atoms with Gasteiger partial charge in [0, 0.05) is 30.4 Å². The third-order valence-corrected chi connectivity index (χ3v) is 5.54. The van der Waals surface area contributed by atoms with Crippen LogP contribution in [0.25, 0.3) is 6.08 Å². The van der Waals surface area contributed by atoms with Crippen molar-refractivity contribution in [2.45, 2.75) is 6.92 Å². The number of carbonyl (C=O) groups excluding carboxylic acids is 2. The Bertz CT molecular complexity index is 1080. The highest BCUT2D eigenvalue weighted by Crippen LogP contribution is 2.30. The lowest BCUT2D eigenvalue weighted by molar-refractivity contribution is -0.122. The standard InChI is InChI=1S/C23H23N3O4S/c1-15-4-3-5-18(12-15)26-22(28)19(21(27)24-23(26)31)13-16-6-7-17(14-20(16)29-2)25-8-10-30-11-9-25/h3-7,12-14H,8-11H2,1-2H3,(H,24,27,31)/b19-13+. The fourth-order valence-corrected chi connectivity index (χ4v) is 3.93. The Hall–Kier alpha value is -3.23. The molecular formula is C23H23N3O4S. The number of ether oxygens (including phenoxy) is 2. The number of nitrogens with one attached hydrogen (secondary N) is 1. The van der Waals surface area contributed by atoms with E-state index in [0.29, 0.717) is 30.2 Å². The molecule has 0 aliphatic carbocycles. The molecule has 8 heteroatoms. The van der Waals surface area contributed by atoms with Crippen LogP contribution < -0.4 is 19.9 Å². The molecule has 31 heavy (non-hydrogen) atoms. The molecule has 4 rings (SSSR count). The predicted octanol–water partition coefficient (Wildman–Crippen LogP) is 2.67. The van der Waals surface area contributed by atoms with Gasteiger partial charge in [0.05, 0.1) is 26.0 Å². The van der Waals surface area contributed by atoms with Crippen LogP contribution in [-0.4, -0.2) is 50.3 Å². The largest absolute Gasteiger partial charge is 0.496 e. The van der Waals surface area contributed by atoms with Crippen LogP contribution in [-0.2, 0) is 14.3 Å². The van der Waals surface area contributed by atoms with Crippen molar-refractivity contribution in [3.8, 4) is 5.75 Å². The maximum atomic E-state index is 13.2. The molecule has 2 aliphatic rings. The highest BCUT2D eigenvalue weighted by molar-refractivity contribution is 7.80. The number of hydrogen-bond acceptors (Lipinski definition) is 6. The summed E-state index contributed by atoms with van der Waals surface area (Å²) in [5.41, 5.74) is 3.22. The number of hydrogen-bond donors (Lipinski definition) is 1. The molecule has 160 valence electrons. The van der Waals surface area contributed by atoms with Crippen molar-refractivity contribution in [1.29, 1.82) is 0 Å². The summed E-state index contributed by atoms with van der Waals surface area (Å²) < 4.78 is 11.0. The Morgan fingerprint density at radius 2 is 1.87 bits per heavy atom. The van der Waals surface area contributed by atoms with Gasteiger partial charge in [-0.3, -0.25) is 19.8 Å². The van der Waals surface area contributed by atoms with Crippen molar-refractivity contribution in [2.75, 3.05) is 43.2 Å². The van der Waals surface area contributed by atoms with E-state index in [9.17, 15) is 9.59 Å². The third kappa shape index (κ3) is 4.30. The van der Waals surface area contributed by atoms with Crippen LogP contribution in [0.5, 0.6) is 5.75 Å². The minimum absolute atomic E-state index is 0.00692. The number of benzene rings is 2. The van der Waals surface area contributed by atoms with E-state index >= 15 is 0 Å². The van der Waals surface area contributed by atoms with Gasteiger partial charge >= 0.3 is 0 Å². The summed E-state index contributed by atoms with van der Waals surface area (Å²) in [7, 11) is 1.57. The normalized spacial score (nSPS) is 18.4. The van der Waals surface area contributed by atoms with Crippen LogP contribution in [0.2, 0.25) is 0 Å². The second-order valence-corrected chi connectivity index (χ2v) is 7.71. The van der Waals surface area contributed by atoms with E-state index in [1.165, 1.54) is 4.90 Å². The molecule has 0 unspecified atom stereocenters. The topological polar surface area (TPSA) is 71.1 Å². The van der Waals surface area contributed by atoms with Crippen LogP contribution in [0.1, 0.15) is 11.1 Å². The van der Waals surface area contributed by atoms with Crippen LogP contribution in [0.4, 0.5) is 11.4 Å². The lowest BCUT2D eigenvalue weighted by Crippen LogP contribution is -2.54. The van der Waals surface area contributed by atoms with Gasteiger partial charge in [-0.1, -0.05) is 12.1 Å². The summed E-state index contributed by atoms with van der Waals surface area (Å²) in [4.78, 5) is 29.4. The van der Waals surface area contributed by atoms with Crippen molar-refractivity contribution in [1.82, 2.24) is 5.32 Å². The monoisotopic (exact) mass is 437 g/mol. The maximum Gasteiger partial charge on any atom is 0.270 e. The lowest BCUT2D eigenvalue weighted by Gasteiger charge is -2.30. The van der Waals surface area contributed by atoms with Gasteiger partial charge in [-0.25, -0.2) is 0 Å². The highest BCUT2D eigenvalue weighted by atomic mass is 32.1. The van der Waals surface area contributed by atoms with Crippen molar-refractivity contribution in [2.24, 2.45) is 0 Å². The number of morpholine rings is 1. The van der Waals surface area contributed by atoms with E-state index < -0.39 is 11.8 Å². The summed E-state index contributed by atoms with van der Waals surface area (Å²) in [5, 5.41) is 2.68. The number of thiocarbonyl (C=S) groups is 1. The van der Waals surface area contributed by atoms with E-state index in [1.807, 2.05) is 43.3 Å². The highest BCUT2D eigenvalue weighted by Gasteiger charge is 2.34. The van der Waals surface area contributed by atoms with Crippen molar-refractivity contribution < 1.29 is 19.1 Å². The minimum Gasteiger partial charge on any atom is -0.496 e. The van der Waals surface area contributed by atoms with E-state index in [4.69, 9.17) is 21.7 Å². The second-order valence-electron chi connectivity index (χ2n) is 7.32. The first-order valence-corrected chi connectivity index (χ1v) is 10.4. The first-order valence-electron chi connectivity index (χ1n) is 9.97. The third-order valence-electron chi connectivity index (χ3n) is 5.25. The number of methoxy groups -OCH3 is 1. The van der Waals surface area contributed by atoms with Crippen LogP contribution in [0.3, 0.4) is 0 Å². The van der Waals surface area contributed by atoms with E-state index in [-0.39, 0.29) is 10.7 Å². The van der Waals surface area contributed by atoms with E-state index in [1.54, 1.807) is 19.3 Å². The average Bonchev–Trinajstić information content (AvgIpc) is 2.77. The molecule has 0 saturated carbocycles. The zero-order valence-electron chi connectivity index (χ0n) is 17.4. The Kier molecular flexibility index (Phi) is 6.01. The molecule has 1 N–H and O–H groups in total. The minimum atomic E-state index is -0.529. The molecular weight excluding hydrogens is 414 g/mol. The summed E-state index contributed by atoms with van der Waals surface area (Å²) in [6.07, 6.45) is 1.55. The molecule has 0 bridgehead atoms. The maximum absolute atomic E-state index is 13.2. The van der Waals surface area contributed by atoms with Gasteiger partial charge in [0.1, 0.15) is 11.3 Å². The quantitative estimate of drug-likeness (QED) is 0.451. The van der Waals surface area contributed by atoms with Crippen molar-refractivity contribution >= 4 is 46.6 Å². The first kappa shape index (κ1) is 21.0. The average molecular weight is 438 g/mol. The van der Waals surface area contributed by atoms with Crippen LogP contribution >= 0.6 is 12.2 Å². The van der Waals surface area contributed by atoms with Gasteiger partial charge in [0.2, 0.25) is 0 Å². The van der Waals surface area contributed by atoms with Crippen LogP contribution in [0.15, 0.2) is 48.0 Å². The van der Waals surface area contributed by atoms with Crippen LogP contribution in [0, 0.1) is 6.92 Å². The summed E-state index contributed by atoms with van der Waals surface area (Å²) >= 11 is 5.27. The first-order chi connectivity index (χ1) is 15.0. The molecule has 2 fully saturated rings. The number of aryl methyl sites for hydroxylation is 1. The molecule has 2 aromatic carbocycles. The second kappa shape index (κ2) is 8.87. The predicted molar refractivity (Wildman–Crippen MR) is 123 cm³/mol. The Balaban J connectivity index is 1.68. The molecule has 0 spiro atoms. The van der Waals surface area contributed by atoms with Crippen molar-refractivity contribution in [3.05, 3.63) is 59.2 Å². The molecule has 0 radical (unpaired) electrons. The summed E-state index contributed by atoms with van der Waals surface area (Å²) in [5.74, 6) is -0.427. The Labute approximate surface area is 186 Å². The van der Waals surface area contributed by atoms with Gasteiger partial charge in [-0.05, 0) is 55.0 Å². The molecule has 2 heterocycles. The van der Waals surface area contributed by atoms with Gasteiger partial charge in [-0.2, -0.15) is 0 Å². The number of rotatable bonds is 4. The fourth-order valence-electron chi connectivity index (χ4n) is 3.65. The Morgan fingerprint density at radius 1 is 1.10 bits per heavy atom. The lowest BCUT2D eigenvalue weighted by atomic mass is 10.0. The molecule has 2 aromatic rings. The van der Waals surface area contributed by atoms with Gasteiger partial charge < -0.3 is 14.4 Å². The molecule has 2 aliphatic heterocycles. The van der Waals surface area contributed by atoms with Gasteiger partial charge in [0.15, 0.2) is 5.11 Å². The molecule has 0 atom stereocenters. The number of amides is 2. The number of anilines is 2. The fraction of sp³-hybridized carbons (Fsp3) is 0.261. The smallest absolute Gasteiger partial charge is 0.270 e. The summed E-state index contributed by atoms with van der Waals surface area (Å²) in [6, 6.07) is 13.1. The van der Waals surface area contributed by atoms with E-state index in [0.717, 1.165) is 24.3 Å². The SMILES string of the molecule is COc1cc(N2CCOCC2)ccc1/C=C1\C(=O)NC(=S)N(c2cccc(C)c2)C1=O. The number of carbonyl (C=O) groups is 2. The zero-order valence-corrected chi connectivity index (χ0v) is 18.2. The Morgan fingerprint density at radius 3 is 2.58 bits per heavy atom. The summed E-state index contributed by atoms with van der Waals surface area (Å²) in [6.45, 7) is 4.88. The zero-order chi connectivity index (χ0) is 22.0. The van der Waals surface area contributed by atoms with E-state index in [2.05, 4.69) is 10.2 Å². The molecule has 2 saturated heterocycles. The molecule has 0 aromatic heterocycles. The van der Waals surface area contributed by atoms with Crippen molar-refractivity contribution in [3.63, 3.8) is 0 Å². The number of nitrogens with zero attached hydrogens (tertiary/aromatic N) is 2. The molecule has 7 nitrogen and oxygen atoms in total. The van der Waals surface area contributed by atoms with Gasteiger partial charge in [-0.15, -0.1) is 0 Å². The molecule has 2 amide bonds. The van der Waals surface area contributed by atoms with Gasteiger partial charge in [0.25, 0.3) is 11.8 Å².